The Labute approximate surface area is 165 Å². The molecule has 2 aromatic carbocycles. The van der Waals surface area contributed by atoms with E-state index in [9.17, 15) is 14.7 Å². The van der Waals surface area contributed by atoms with E-state index in [2.05, 4.69) is 31.2 Å². The molecule has 5 nitrogen and oxygen atoms in total. The maximum absolute atomic E-state index is 13.4. The van der Waals surface area contributed by atoms with E-state index in [1.54, 1.807) is 0 Å². The Morgan fingerprint density at radius 1 is 1.14 bits per heavy atom. The molecule has 0 radical (unpaired) electrons. The highest BCUT2D eigenvalue weighted by atomic mass is 16.4. The van der Waals surface area contributed by atoms with Crippen molar-refractivity contribution in [2.75, 3.05) is 19.6 Å². The van der Waals surface area contributed by atoms with Crippen LogP contribution in [0.2, 0.25) is 0 Å². The minimum atomic E-state index is -0.908. The number of likely N-dealkylation sites (tertiary alicyclic amines) is 1. The van der Waals surface area contributed by atoms with Crippen molar-refractivity contribution in [3.8, 4) is 0 Å². The SMILES string of the molecule is CCc1cc(C)c2c(c1)C1CN(C(=O)O)CC1N(CCc1ccccc1)C2=O. The molecule has 2 atom stereocenters. The summed E-state index contributed by atoms with van der Waals surface area (Å²) >= 11 is 0. The van der Waals surface area contributed by atoms with Crippen molar-refractivity contribution in [3.63, 3.8) is 0 Å². The van der Waals surface area contributed by atoms with E-state index in [0.29, 0.717) is 19.6 Å². The summed E-state index contributed by atoms with van der Waals surface area (Å²) < 4.78 is 0. The second-order valence-electron chi connectivity index (χ2n) is 7.83. The van der Waals surface area contributed by atoms with Crippen LogP contribution in [0, 0.1) is 6.92 Å². The average molecular weight is 378 g/mol. The van der Waals surface area contributed by atoms with Crippen LogP contribution in [0.3, 0.4) is 0 Å². The summed E-state index contributed by atoms with van der Waals surface area (Å²) in [6.45, 7) is 5.54. The van der Waals surface area contributed by atoms with E-state index in [4.69, 9.17) is 0 Å². The molecule has 2 aliphatic rings. The highest BCUT2D eigenvalue weighted by molar-refractivity contribution is 5.99. The van der Waals surface area contributed by atoms with Crippen LogP contribution in [0.4, 0.5) is 4.79 Å². The molecule has 2 aliphatic heterocycles. The van der Waals surface area contributed by atoms with Crippen LogP contribution in [0.25, 0.3) is 0 Å². The van der Waals surface area contributed by atoms with Gasteiger partial charge >= 0.3 is 6.09 Å². The molecule has 1 fully saturated rings. The van der Waals surface area contributed by atoms with Crippen LogP contribution in [0.5, 0.6) is 0 Å². The van der Waals surface area contributed by atoms with Crippen molar-refractivity contribution in [1.29, 1.82) is 0 Å². The summed E-state index contributed by atoms with van der Waals surface area (Å²) in [6, 6.07) is 14.2. The summed E-state index contributed by atoms with van der Waals surface area (Å²) in [5.74, 6) is 0.0874. The number of rotatable bonds is 4. The topological polar surface area (TPSA) is 60.9 Å². The van der Waals surface area contributed by atoms with Crippen LogP contribution in [-0.4, -0.2) is 52.6 Å². The first-order chi connectivity index (χ1) is 13.5. The van der Waals surface area contributed by atoms with E-state index < -0.39 is 6.09 Å². The summed E-state index contributed by atoms with van der Waals surface area (Å²) in [5.41, 5.74) is 5.19. The first-order valence-corrected chi connectivity index (χ1v) is 9.95. The number of nitrogens with zero attached hydrogens (tertiary/aromatic N) is 2. The van der Waals surface area contributed by atoms with Gasteiger partial charge in [-0.05, 0) is 42.0 Å². The van der Waals surface area contributed by atoms with E-state index in [1.807, 2.05) is 30.0 Å². The van der Waals surface area contributed by atoms with Gasteiger partial charge in [-0.15, -0.1) is 0 Å². The second kappa shape index (κ2) is 7.30. The molecule has 1 saturated heterocycles. The maximum atomic E-state index is 13.4. The molecule has 0 aliphatic carbocycles. The van der Waals surface area contributed by atoms with E-state index in [0.717, 1.165) is 29.5 Å². The van der Waals surface area contributed by atoms with Crippen LogP contribution in [0.15, 0.2) is 42.5 Å². The zero-order valence-corrected chi connectivity index (χ0v) is 16.4. The highest BCUT2D eigenvalue weighted by Crippen LogP contribution is 2.40. The molecular weight excluding hydrogens is 352 g/mol. The quantitative estimate of drug-likeness (QED) is 0.882. The highest BCUT2D eigenvalue weighted by Gasteiger charge is 2.46. The van der Waals surface area contributed by atoms with Crippen molar-refractivity contribution in [2.24, 2.45) is 0 Å². The molecule has 0 spiro atoms. The molecule has 2 aromatic rings. The molecule has 2 unspecified atom stereocenters. The van der Waals surface area contributed by atoms with Crippen LogP contribution < -0.4 is 0 Å². The zero-order chi connectivity index (χ0) is 19.8. The lowest BCUT2D eigenvalue weighted by atomic mass is 9.81. The standard InChI is InChI=1S/C23H26N2O3/c1-3-16-11-15(2)21-18(12-16)19-13-24(23(27)28)14-20(19)25(22(21)26)10-9-17-7-5-4-6-8-17/h4-8,11-12,19-20H,3,9-10,13-14H2,1-2H3,(H,27,28). The molecule has 5 heteroatoms. The van der Waals surface area contributed by atoms with Gasteiger partial charge in [0, 0.05) is 31.1 Å². The fourth-order valence-electron chi connectivity index (χ4n) is 4.70. The van der Waals surface area contributed by atoms with Gasteiger partial charge in [-0.2, -0.15) is 0 Å². The van der Waals surface area contributed by atoms with Crippen molar-refractivity contribution < 1.29 is 14.7 Å². The third-order valence-electron chi connectivity index (χ3n) is 6.15. The van der Waals surface area contributed by atoms with Crippen LogP contribution >= 0.6 is 0 Å². The van der Waals surface area contributed by atoms with Crippen LogP contribution in [0.1, 0.15) is 45.5 Å². The molecule has 0 saturated carbocycles. The lowest BCUT2D eigenvalue weighted by molar-refractivity contribution is 0.0641. The predicted octanol–water partition coefficient (Wildman–Crippen LogP) is 3.70. The fraction of sp³-hybridized carbons (Fsp3) is 0.391. The first kappa shape index (κ1) is 18.5. The smallest absolute Gasteiger partial charge is 0.407 e. The lowest BCUT2D eigenvalue weighted by Gasteiger charge is -2.39. The minimum absolute atomic E-state index is 0.0413. The molecule has 1 N–H and O–H groups in total. The normalized spacial score (nSPS) is 20.9. The monoisotopic (exact) mass is 378 g/mol. The number of hydrogen-bond acceptors (Lipinski definition) is 2. The molecule has 0 bridgehead atoms. The number of carbonyl (C=O) groups is 2. The number of carboxylic acid groups (broad SMARTS) is 1. The Morgan fingerprint density at radius 2 is 1.89 bits per heavy atom. The van der Waals surface area contributed by atoms with Crippen molar-refractivity contribution in [1.82, 2.24) is 9.80 Å². The predicted molar refractivity (Wildman–Crippen MR) is 108 cm³/mol. The van der Waals surface area contributed by atoms with Crippen LogP contribution in [-0.2, 0) is 12.8 Å². The number of aryl methyl sites for hydroxylation is 2. The van der Waals surface area contributed by atoms with Gasteiger partial charge in [0.15, 0.2) is 0 Å². The molecule has 0 aromatic heterocycles. The minimum Gasteiger partial charge on any atom is -0.465 e. The van der Waals surface area contributed by atoms with Gasteiger partial charge in [0.1, 0.15) is 0 Å². The molecule has 28 heavy (non-hydrogen) atoms. The summed E-state index contributed by atoms with van der Waals surface area (Å²) in [7, 11) is 0. The van der Waals surface area contributed by atoms with Gasteiger partial charge in [0.25, 0.3) is 5.91 Å². The van der Waals surface area contributed by atoms with E-state index >= 15 is 0 Å². The zero-order valence-electron chi connectivity index (χ0n) is 16.4. The lowest BCUT2D eigenvalue weighted by Crippen LogP contribution is -2.49. The van der Waals surface area contributed by atoms with Gasteiger partial charge < -0.3 is 14.9 Å². The molecule has 4 rings (SSSR count). The Bertz CT molecular complexity index is 910. The largest absolute Gasteiger partial charge is 0.465 e. The second-order valence-corrected chi connectivity index (χ2v) is 7.83. The Balaban J connectivity index is 1.71. The molecule has 2 heterocycles. The van der Waals surface area contributed by atoms with E-state index in [-0.39, 0.29) is 17.9 Å². The summed E-state index contributed by atoms with van der Waals surface area (Å²) in [5, 5.41) is 9.55. The van der Waals surface area contributed by atoms with Crippen molar-refractivity contribution in [2.45, 2.75) is 38.6 Å². The Kier molecular flexibility index (Phi) is 4.84. The third kappa shape index (κ3) is 3.15. The number of amides is 2. The van der Waals surface area contributed by atoms with Crippen molar-refractivity contribution >= 4 is 12.0 Å². The summed E-state index contributed by atoms with van der Waals surface area (Å²) in [4.78, 5) is 28.5. The average Bonchev–Trinajstić information content (AvgIpc) is 3.14. The molecular formula is C23H26N2O3. The Morgan fingerprint density at radius 3 is 2.57 bits per heavy atom. The Hall–Kier alpha value is -2.82. The first-order valence-electron chi connectivity index (χ1n) is 9.95. The maximum Gasteiger partial charge on any atom is 0.407 e. The summed E-state index contributed by atoms with van der Waals surface area (Å²) in [6.07, 6.45) is 0.763. The number of benzene rings is 2. The number of fused-ring (bicyclic) bond motifs is 3. The van der Waals surface area contributed by atoms with E-state index in [1.165, 1.54) is 16.0 Å². The van der Waals surface area contributed by atoms with Gasteiger partial charge in [-0.3, -0.25) is 4.79 Å². The third-order valence-corrected chi connectivity index (χ3v) is 6.15. The molecule has 2 amide bonds. The molecule has 146 valence electrons. The fourth-order valence-corrected chi connectivity index (χ4v) is 4.70. The van der Waals surface area contributed by atoms with Gasteiger partial charge in [0.2, 0.25) is 0 Å². The van der Waals surface area contributed by atoms with Crippen molar-refractivity contribution in [3.05, 3.63) is 70.3 Å². The van der Waals surface area contributed by atoms with Gasteiger partial charge in [-0.1, -0.05) is 49.4 Å². The van der Waals surface area contributed by atoms with Gasteiger partial charge in [0.05, 0.1) is 6.04 Å². The number of hydrogen-bond donors (Lipinski definition) is 1. The van der Waals surface area contributed by atoms with Gasteiger partial charge in [-0.25, -0.2) is 4.79 Å². The number of carbonyl (C=O) groups excluding carboxylic acids is 1.